The number of hydrogen-bond donors (Lipinski definition) is 0. The Hall–Kier alpha value is -1.07. The molecule has 3 heteroatoms. The normalized spacial score (nSPS) is 12.1. The van der Waals surface area contributed by atoms with E-state index in [-0.39, 0.29) is 11.7 Å². The van der Waals surface area contributed by atoms with E-state index >= 15 is 0 Å². The first-order valence-electron chi connectivity index (χ1n) is 4.38. The maximum absolute atomic E-state index is 12.8. The van der Waals surface area contributed by atoms with Gasteiger partial charge in [0.15, 0.2) is 0 Å². The summed E-state index contributed by atoms with van der Waals surface area (Å²) >= 11 is 5.60. The van der Waals surface area contributed by atoms with E-state index in [4.69, 9.17) is 16.9 Å². The molecule has 0 saturated carbocycles. The summed E-state index contributed by atoms with van der Waals surface area (Å²) in [6.45, 7) is 1.83. The quantitative estimate of drug-likeness (QED) is 0.705. The maximum atomic E-state index is 12.8. The van der Waals surface area contributed by atoms with Crippen LogP contribution < -0.4 is 0 Å². The van der Waals surface area contributed by atoms with Crippen LogP contribution in [0.15, 0.2) is 18.2 Å². The van der Waals surface area contributed by atoms with E-state index in [1.165, 1.54) is 12.1 Å². The summed E-state index contributed by atoms with van der Waals surface area (Å²) in [7, 11) is 0. The molecule has 0 aliphatic carbocycles. The van der Waals surface area contributed by atoms with E-state index < -0.39 is 0 Å². The molecule has 0 N–H and O–H groups in total. The van der Waals surface area contributed by atoms with Crippen molar-refractivity contribution in [2.45, 2.75) is 13.3 Å². The predicted octanol–water partition coefficient (Wildman–Crippen LogP) is 3.06. The fourth-order valence-electron chi connectivity index (χ4n) is 1.29. The Balaban J connectivity index is 2.82. The summed E-state index contributed by atoms with van der Waals surface area (Å²) < 4.78 is 12.8. The molecule has 0 aliphatic rings. The lowest BCUT2D eigenvalue weighted by Gasteiger charge is -2.08. The SMILES string of the molecule is Cc1cc(F)ccc1CC(C#N)CCl. The largest absolute Gasteiger partial charge is 0.207 e. The zero-order chi connectivity index (χ0) is 10.6. The summed E-state index contributed by atoms with van der Waals surface area (Å²) in [5.41, 5.74) is 1.86. The van der Waals surface area contributed by atoms with Gasteiger partial charge >= 0.3 is 0 Å². The number of benzene rings is 1. The molecule has 0 heterocycles. The highest BCUT2D eigenvalue weighted by molar-refractivity contribution is 6.18. The van der Waals surface area contributed by atoms with Gasteiger partial charge in [0.25, 0.3) is 0 Å². The first-order chi connectivity index (χ1) is 6.67. The van der Waals surface area contributed by atoms with Gasteiger partial charge in [0.05, 0.1) is 12.0 Å². The number of halogens is 2. The molecule has 1 aromatic carbocycles. The second kappa shape index (κ2) is 4.97. The number of rotatable bonds is 3. The van der Waals surface area contributed by atoms with Gasteiger partial charge in [-0.2, -0.15) is 5.26 Å². The molecule has 0 fully saturated rings. The number of nitriles is 1. The molecule has 0 aliphatic heterocycles. The van der Waals surface area contributed by atoms with Crippen molar-refractivity contribution < 1.29 is 4.39 Å². The van der Waals surface area contributed by atoms with Crippen LogP contribution in [-0.2, 0) is 6.42 Å². The second-order valence-electron chi connectivity index (χ2n) is 3.26. The van der Waals surface area contributed by atoms with Gasteiger partial charge in [0.1, 0.15) is 5.82 Å². The van der Waals surface area contributed by atoms with Crippen LogP contribution in [0, 0.1) is 30.0 Å². The standard InChI is InChI=1S/C11H11ClFN/c1-8-4-11(13)3-2-10(8)5-9(6-12)7-14/h2-4,9H,5-6H2,1H3. The van der Waals surface area contributed by atoms with Crippen molar-refractivity contribution in [1.82, 2.24) is 0 Å². The molecule has 0 radical (unpaired) electrons. The van der Waals surface area contributed by atoms with E-state index in [2.05, 4.69) is 6.07 Å². The molecule has 1 rings (SSSR count). The minimum Gasteiger partial charge on any atom is -0.207 e. The van der Waals surface area contributed by atoms with Crippen LogP contribution in [0.3, 0.4) is 0 Å². The van der Waals surface area contributed by atoms with Crippen LogP contribution in [-0.4, -0.2) is 5.88 Å². The van der Waals surface area contributed by atoms with Crippen LogP contribution >= 0.6 is 11.6 Å². The smallest absolute Gasteiger partial charge is 0.123 e. The van der Waals surface area contributed by atoms with Crippen molar-refractivity contribution in [2.75, 3.05) is 5.88 Å². The van der Waals surface area contributed by atoms with Crippen LogP contribution in [0.4, 0.5) is 4.39 Å². The molecular formula is C11H11ClFN. The molecule has 0 spiro atoms. The van der Waals surface area contributed by atoms with Crippen LogP contribution in [0.25, 0.3) is 0 Å². The monoisotopic (exact) mass is 211 g/mol. The molecular weight excluding hydrogens is 201 g/mol. The highest BCUT2D eigenvalue weighted by atomic mass is 35.5. The van der Waals surface area contributed by atoms with Crippen molar-refractivity contribution in [1.29, 1.82) is 5.26 Å². The Morgan fingerprint density at radius 3 is 2.79 bits per heavy atom. The summed E-state index contributed by atoms with van der Waals surface area (Å²) in [5, 5.41) is 8.72. The third kappa shape index (κ3) is 2.71. The third-order valence-corrected chi connectivity index (χ3v) is 2.51. The molecule has 74 valence electrons. The Morgan fingerprint density at radius 1 is 1.57 bits per heavy atom. The highest BCUT2D eigenvalue weighted by Crippen LogP contribution is 2.15. The lowest BCUT2D eigenvalue weighted by Crippen LogP contribution is -2.04. The fraction of sp³-hybridized carbons (Fsp3) is 0.364. The zero-order valence-electron chi connectivity index (χ0n) is 7.93. The second-order valence-corrected chi connectivity index (χ2v) is 3.56. The molecule has 0 amide bonds. The van der Waals surface area contributed by atoms with E-state index in [0.717, 1.165) is 11.1 Å². The molecule has 1 unspecified atom stereocenters. The molecule has 1 nitrogen and oxygen atoms in total. The summed E-state index contributed by atoms with van der Waals surface area (Å²) in [6, 6.07) is 6.70. The average molecular weight is 212 g/mol. The molecule has 0 saturated heterocycles. The van der Waals surface area contributed by atoms with Crippen LogP contribution in [0.2, 0.25) is 0 Å². The van der Waals surface area contributed by atoms with Crippen LogP contribution in [0.1, 0.15) is 11.1 Å². The van der Waals surface area contributed by atoms with Crippen molar-refractivity contribution >= 4 is 11.6 Å². The minimum atomic E-state index is -0.245. The summed E-state index contributed by atoms with van der Waals surface area (Å²) in [4.78, 5) is 0. The lowest BCUT2D eigenvalue weighted by atomic mass is 9.98. The van der Waals surface area contributed by atoms with E-state index in [0.29, 0.717) is 12.3 Å². The summed E-state index contributed by atoms with van der Waals surface area (Å²) in [5.74, 6) is -0.126. The van der Waals surface area contributed by atoms with E-state index in [1.54, 1.807) is 6.07 Å². The highest BCUT2D eigenvalue weighted by Gasteiger charge is 2.09. The molecule has 0 aromatic heterocycles. The first-order valence-corrected chi connectivity index (χ1v) is 4.91. The van der Waals surface area contributed by atoms with E-state index in [9.17, 15) is 4.39 Å². The molecule has 0 bridgehead atoms. The van der Waals surface area contributed by atoms with Gasteiger partial charge in [-0.05, 0) is 36.6 Å². The number of aryl methyl sites for hydroxylation is 1. The van der Waals surface area contributed by atoms with Gasteiger partial charge < -0.3 is 0 Å². The molecule has 1 aromatic rings. The third-order valence-electron chi connectivity index (χ3n) is 2.14. The Morgan fingerprint density at radius 2 is 2.29 bits per heavy atom. The van der Waals surface area contributed by atoms with Crippen LogP contribution in [0.5, 0.6) is 0 Å². The van der Waals surface area contributed by atoms with E-state index in [1.807, 2.05) is 6.92 Å². The predicted molar refractivity (Wildman–Crippen MR) is 54.7 cm³/mol. The van der Waals surface area contributed by atoms with Crippen molar-refractivity contribution in [3.63, 3.8) is 0 Å². The maximum Gasteiger partial charge on any atom is 0.123 e. The number of hydrogen-bond acceptors (Lipinski definition) is 1. The first kappa shape index (κ1) is 11.0. The molecule has 14 heavy (non-hydrogen) atoms. The fourth-order valence-corrected chi connectivity index (χ4v) is 1.47. The van der Waals surface area contributed by atoms with Gasteiger partial charge in [0, 0.05) is 5.88 Å². The lowest BCUT2D eigenvalue weighted by molar-refractivity contribution is 0.624. The molecule has 1 atom stereocenters. The van der Waals surface area contributed by atoms with Gasteiger partial charge in [-0.25, -0.2) is 4.39 Å². The van der Waals surface area contributed by atoms with Crippen molar-refractivity contribution in [2.24, 2.45) is 5.92 Å². The Bertz CT molecular complexity index is 357. The minimum absolute atomic E-state index is 0.194. The average Bonchev–Trinajstić information content (AvgIpc) is 2.17. The van der Waals surface area contributed by atoms with Crippen molar-refractivity contribution in [3.05, 3.63) is 35.1 Å². The van der Waals surface area contributed by atoms with Gasteiger partial charge in [0.2, 0.25) is 0 Å². The number of alkyl halides is 1. The Kier molecular flexibility index (Phi) is 3.91. The Labute approximate surface area is 88.1 Å². The topological polar surface area (TPSA) is 23.8 Å². The summed E-state index contributed by atoms with van der Waals surface area (Å²) in [6.07, 6.45) is 0.589. The van der Waals surface area contributed by atoms with Gasteiger partial charge in [-0.15, -0.1) is 11.6 Å². The van der Waals surface area contributed by atoms with Gasteiger partial charge in [-0.3, -0.25) is 0 Å². The number of nitrogens with zero attached hydrogens (tertiary/aromatic N) is 1. The zero-order valence-corrected chi connectivity index (χ0v) is 8.68. The van der Waals surface area contributed by atoms with Gasteiger partial charge in [-0.1, -0.05) is 6.07 Å². The van der Waals surface area contributed by atoms with Crippen molar-refractivity contribution in [3.8, 4) is 6.07 Å².